The average molecular weight is 228 g/mol. The van der Waals surface area contributed by atoms with Crippen LogP contribution in [0.2, 0.25) is 0 Å². The van der Waals surface area contributed by atoms with Crippen molar-refractivity contribution < 1.29 is 19.4 Å². The van der Waals surface area contributed by atoms with Crippen LogP contribution in [0.15, 0.2) is 0 Å². The van der Waals surface area contributed by atoms with Gasteiger partial charge in [0.1, 0.15) is 0 Å². The van der Waals surface area contributed by atoms with Gasteiger partial charge in [0.15, 0.2) is 5.92 Å². The normalized spacial score (nSPS) is 18.3. The van der Waals surface area contributed by atoms with Gasteiger partial charge in [-0.05, 0) is 18.8 Å². The van der Waals surface area contributed by atoms with Crippen LogP contribution in [0.25, 0.3) is 0 Å². The van der Waals surface area contributed by atoms with Crippen molar-refractivity contribution in [2.75, 3.05) is 6.61 Å². The van der Waals surface area contributed by atoms with Gasteiger partial charge in [0, 0.05) is 0 Å². The fourth-order valence-corrected chi connectivity index (χ4v) is 2.18. The first-order valence-corrected chi connectivity index (χ1v) is 6.04. The summed E-state index contributed by atoms with van der Waals surface area (Å²) in [7, 11) is 0. The van der Waals surface area contributed by atoms with Gasteiger partial charge in [-0.25, -0.2) is 0 Å². The van der Waals surface area contributed by atoms with E-state index in [9.17, 15) is 9.59 Å². The quantitative estimate of drug-likeness (QED) is 0.559. The molecule has 1 aliphatic rings. The Kier molecular flexibility index (Phi) is 5.29. The summed E-state index contributed by atoms with van der Waals surface area (Å²) >= 11 is 0. The Labute approximate surface area is 96.0 Å². The van der Waals surface area contributed by atoms with E-state index in [1.54, 1.807) is 0 Å². The van der Waals surface area contributed by atoms with Gasteiger partial charge in [-0.3, -0.25) is 9.59 Å². The summed E-state index contributed by atoms with van der Waals surface area (Å²) in [6.45, 7) is 2.20. The van der Waals surface area contributed by atoms with E-state index >= 15 is 0 Å². The van der Waals surface area contributed by atoms with Gasteiger partial charge < -0.3 is 9.84 Å². The molecule has 1 N–H and O–H groups in total. The minimum Gasteiger partial charge on any atom is -0.481 e. The number of carboxylic acids is 1. The summed E-state index contributed by atoms with van der Waals surface area (Å²) in [5.41, 5.74) is 0. The molecular formula is C12H20O4. The molecule has 1 saturated carbocycles. The highest BCUT2D eigenvalue weighted by atomic mass is 16.5. The topological polar surface area (TPSA) is 63.6 Å². The number of hydrogen-bond donors (Lipinski definition) is 1. The third kappa shape index (κ3) is 3.83. The molecule has 4 heteroatoms. The fourth-order valence-electron chi connectivity index (χ4n) is 2.18. The minimum absolute atomic E-state index is 0.313. The number of esters is 1. The molecule has 4 nitrogen and oxygen atoms in total. The maximum atomic E-state index is 11.5. The Hall–Kier alpha value is -1.06. The highest BCUT2D eigenvalue weighted by Crippen LogP contribution is 2.30. The smallest absolute Gasteiger partial charge is 0.320 e. The molecule has 0 bridgehead atoms. The lowest BCUT2D eigenvalue weighted by molar-refractivity contribution is -0.159. The molecule has 0 heterocycles. The summed E-state index contributed by atoms with van der Waals surface area (Å²) in [6, 6.07) is 0. The summed E-state index contributed by atoms with van der Waals surface area (Å²) < 4.78 is 4.91. The van der Waals surface area contributed by atoms with E-state index in [1.165, 1.54) is 0 Å². The molecule has 1 atom stereocenters. The molecule has 1 unspecified atom stereocenters. The standard InChI is InChI=1S/C12H20O4/c1-2-7-16-12(15)10(11(13)14)8-9-5-3-4-6-9/h9-10H,2-8H2,1H3,(H,13,14). The van der Waals surface area contributed by atoms with Crippen LogP contribution in [0.4, 0.5) is 0 Å². The van der Waals surface area contributed by atoms with Crippen LogP contribution < -0.4 is 0 Å². The van der Waals surface area contributed by atoms with Crippen molar-refractivity contribution in [3.05, 3.63) is 0 Å². The van der Waals surface area contributed by atoms with E-state index in [4.69, 9.17) is 9.84 Å². The predicted molar refractivity (Wildman–Crippen MR) is 59.0 cm³/mol. The van der Waals surface area contributed by atoms with Gasteiger partial charge >= 0.3 is 11.9 Å². The molecular weight excluding hydrogens is 208 g/mol. The van der Waals surface area contributed by atoms with Crippen molar-refractivity contribution in [3.63, 3.8) is 0 Å². The largest absolute Gasteiger partial charge is 0.481 e. The molecule has 16 heavy (non-hydrogen) atoms. The van der Waals surface area contributed by atoms with Crippen molar-refractivity contribution in [2.24, 2.45) is 11.8 Å². The second kappa shape index (κ2) is 6.51. The van der Waals surface area contributed by atoms with Gasteiger partial charge in [-0.15, -0.1) is 0 Å². The van der Waals surface area contributed by atoms with E-state index in [2.05, 4.69) is 0 Å². The van der Waals surface area contributed by atoms with E-state index < -0.39 is 17.9 Å². The lowest BCUT2D eigenvalue weighted by atomic mass is 9.93. The van der Waals surface area contributed by atoms with Crippen LogP contribution in [0.3, 0.4) is 0 Å². The molecule has 0 aromatic carbocycles. The summed E-state index contributed by atoms with van der Waals surface area (Å²) in [6.07, 6.45) is 5.57. The SMILES string of the molecule is CCCOC(=O)C(CC1CCCC1)C(=O)O. The van der Waals surface area contributed by atoms with Gasteiger partial charge in [-0.2, -0.15) is 0 Å². The van der Waals surface area contributed by atoms with E-state index in [0.717, 1.165) is 32.1 Å². The molecule has 92 valence electrons. The first kappa shape index (κ1) is 13.0. The van der Waals surface area contributed by atoms with E-state index in [-0.39, 0.29) is 0 Å². The van der Waals surface area contributed by atoms with E-state index in [0.29, 0.717) is 18.9 Å². The Morgan fingerprint density at radius 3 is 2.50 bits per heavy atom. The van der Waals surface area contributed by atoms with Crippen molar-refractivity contribution in [2.45, 2.75) is 45.4 Å². The van der Waals surface area contributed by atoms with Crippen molar-refractivity contribution in [1.82, 2.24) is 0 Å². The van der Waals surface area contributed by atoms with Gasteiger partial charge in [-0.1, -0.05) is 32.6 Å². The second-order valence-corrected chi connectivity index (χ2v) is 4.44. The number of hydrogen-bond acceptors (Lipinski definition) is 3. The molecule has 0 amide bonds. The van der Waals surface area contributed by atoms with Gasteiger partial charge in [0.2, 0.25) is 0 Å². The van der Waals surface area contributed by atoms with Crippen molar-refractivity contribution >= 4 is 11.9 Å². The number of ether oxygens (including phenoxy) is 1. The zero-order valence-electron chi connectivity index (χ0n) is 9.78. The Balaban J connectivity index is 2.45. The summed E-state index contributed by atoms with van der Waals surface area (Å²) in [4.78, 5) is 22.5. The molecule has 0 aromatic rings. The molecule has 0 aromatic heterocycles. The lowest BCUT2D eigenvalue weighted by Crippen LogP contribution is -2.28. The number of aliphatic carboxylic acids is 1. The van der Waals surface area contributed by atoms with E-state index in [1.807, 2.05) is 6.92 Å². The van der Waals surface area contributed by atoms with Crippen molar-refractivity contribution in [3.8, 4) is 0 Å². The third-order valence-corrected chi connectivity index (χ3v) is 3.07. The van der Waals surface area contributed by atoms with Crippen LogP contribution in [0, 0.1) is 11.8 Å². The van der Waals surface area contributed by atoms with Gasteiger partial charge in [0.25, 0.3) is 0 Å². The van der Waals surface area contributed by atoms with Crippen LogP contribution in [0.1, 0.15) is 45.4 Å². The Morgan fingerprint density at radius 1 is 1.38 bits per heavy atom. The van der Waals surface area contributed by atoms with Crippen LogP contribution in [-0.4, -0.2) is 23.7 Å². The zero-order valence-corrected chi connectivity index (χ0v) is 9.78. The molecule has 1 aliphatic carbocycles. The Morgan fingerprint density at radius 2 is 2.00 bits per heavy atom. The molecule has 0 radical (unpaired) electrons. The monoisotopic (exact) mass is 228 g/mol. The average Bonchev–Trinajstić information content (AvgIpc) is 2.74. The minimum atomic E-state index is -1.05. The molecule has 1 rings (SSSR count). The summed E-state index contributed by atoms with van der Waals surface area (Å²) in [5, 5.41) is 9.00. The fraction of sp³-hybridized carbons (Fsp3) is 0.833. The predicted octanol–water partition coefficient (Wildman–Crippen LogP) is 2.22. The molecule has 0 spiro atoms. The van der Waals surface area contributed by atoms with Crippen molar-refractivity contribution in [1.29, 1.82) is 0 Å². The lowest BCUT2D eigenvalue weighted by Gasteiger charge is -2.15. The molecule has 0 saturated heterocycles. The maximum absolute atomic E-state index is 11.5. The number of rotatable bonds is 6. The number of carbonyl (C=O) groups excluding carboxylic acids is 1. The Bertz CT molecular complexity index is 243. The van der Waals surface area contributed by atoms with Crippen LogP contribution in [0.5, 0.6) is 0 Å². The first-order chi connectivity index (χ1) is 7.65. The zero-order chi connectivity index (χ0) is 12.0. The van der Waals surface area contributed by atoms with Gasteiger partial charge in [0.05, 0.1) is 6.61 Å². The second-order valence-electron chi connectivity index (χ2n) is 4.44. The maximum Gasteiger partial charge on any atom is 0.320 e. The highest BCUT2D eigenvalue weighted by Gasteiger charge is 2.31. The molecule has 1 fully saturated rings. The highest BCUT2D eigenvalue weighted by molar-refractivity contribution is 5.93. The first-order valence-electron chi connectivity index (χ1n) is 6.04. The van der Waals surface area contributed by atoms with Crippen LogP contribution in [-0.2, 0) is 14.3 Å². The van der Waals surface area contributed by atoms with Crippen LogP contribution >= 0.6 is 0 Å². The number of carboxylic acid groups (broad SMARTS) is 1. The third-order valence-electron chi connectivity index (χ3n) is 3.07. The summed E-state index contributed by atoms with van der Waals surface area (Å²) in [5.74, 6) is -2.20. The molecule has 0 aliphatic heterocycles. The number of carbonyl (C=O) groups is 2.